The Kier molecular flexibility index (Phi) is 5.47. The summed E-state index contributed by atoms with van der Waals surface area (Å²) in [5.41, 5.74) is 1.76. The number of nitrogens with zero attached hydrogens (tertiary/aromatic N) is 2. The van der Waals surface area contributed by atoms with Crippen LogP contribution in [0.15, 0.2) is 30.5 Å². The summed E-state index contributed by atoms with van der Waals surface area (Å²) in [6.45, 7) is 6.05. The van der Waals surface area contributed by atoms with Gasteiger partial charge in [-0.05, 0) is 44.5 Å². The second-order valence-electron chi connectivity index (χ2n) is 5.22. The van der Waals surface area contributed by atoms with Gasteiger partial charge in [0.2, 0.25) is 0 Å². The fourth-order valence-electron chi connectivity index (χ4n) is 1.93. The molecule has 6 heteroatoms. The van der Waals surface area contributed by atoms with Crippen molar-refractivity contribution in [2.75, 3.05) is 0 Å². The van der Waals surface area contributed by atoms with Gasteiger partial charge in [-0.2, -0.15) is 5.10 Å². The molecule has 114 valence electrons. The normalized spacial score (nSPS) is 14.4. The number of aromatic nitrogens is 2. The molecule has 0 saturated heterocycles. The first-order chi connectivity index (χ1) is 9.88. The van der Waals surface area contributed by atoms with Crippen LogP contribution >= 0.6 is 23.2 Å². The summed E-state index contributed by atoms with van der Waals surface area (Å²) in [7, 11) is -1.06. The molecule has 0 bridgehead atoms. The fourth-order valence-corrected chi connectivity index (χ4v) is 3.38. The van der Waals surface area contributed by atoms with Crippen LogP contribution in [-0.4, -0.2) is 14.0 Å². The molecule has 1 heterocycles. The molecule has 0 spiro atoms. The molecule has 0 fully saturated rings. The Balaban J connectivity index is 2.09. The average molecular weight is 345 g/mol. The van der Waals surface area contributed by atoms with Crippen molar-refractivity contribution in [1.29, 1.82) is 0 Å². The second kappa shape index (κ2) is 6.95. The smallest absolute Gasteiger partial charge is 0.0749 e. The maximum atomic E-state index is 12.5. The molecular formula is C15H18Cl2N2OS. The van der Waals surface area contributed by atoms with Crippen molar-refractivity contribution in [3.63, 3.8) is 0 Å². The SMILES string of the molecule is CC(C)n1ccc(C[S@](=O)[C@H](C)c2ccc(Cl)c(Cl)c2)n1. The largest absolute Gasteiger partial charge is 0.270 e. The van der Waals surface area contributed by atoms with Gasteiger partial charge < -0.3 is 0 Å². The van der Waals surface area contributed by atoms with Gasteiger partial charge in [-0.25, -0.2) is 0 Å². The monoisotopic (exact) mass is 344 g/mol. The molecule has 0 aliphatic heterocycles. The first-order valence-electron chi connectivity index (χ1n) is 6.74. The summed E-state index contributed by atoms with van der Waals surface area (Å²) in [4.78, 5) is 0. The summed E-state index contributed by atoms with van der Waals surface area (Å²) >= 11 is 11.9. The van der Waals surface area contributed by atoms with Gasteiger partial charge in [0.1, 0.15) is 0 Å². The standard InChI is InChI=1S/C15H18Cl2N2OS/c1-10(2)19-7-6-13(18-19)9-21(20)11(3)12-4-5-14(16)15(17)8-12/h4-8,10-11H,9H2,1-3H3/t11-,21+/m1/s1. The third-order valence-corrected chi connectivity index (χ3v) is 5.67. The van der Waals surface area contributed by atoms with E-state index in [1.54, 1.807) is 12.1 Å². The van der Waals surface area contributed by atoms with Crippen LogP contribution in [0.3, 0.4) is 0 Å². The van der Waals surface area contributed by atoms with Crippen LogP contribution in [0.2, 0.25) is 10.0 Å². The van der Waals surface area contributed by atoms with E-state index in [2.05, 4.69) is 18.9 Å². The van der Waals surface area contributed by atoms with Gasteiger partial charge in [-0.15, -0.1) is 0 Å². The van der Waals surface area contributed by atoms with Crippen molar-refractivity contribution >= 4 is 34.0 Å². The molecular weight excluding hydrogens is 327 g/mol. The van der Waals surface area contributed by atoms with E-state index in [9.17, 15) is 4.21 Å². The quantitative estimate of drug-likeness (QED) is 0.782. The molecule has 2 rings (SSSR count). The molecule has 0 aliphatic rings. The molecule has 0 saturated carbocycles. The Labute approximate surface area is 137 Å². The van der Waals surface area contributed by atoms with Gasteiger partial charge in [0.25, 0.3) is 0 Å². The first-order valence-corrected chi connectivity index (χ1v) is 8.88. The summed E-state index contributed by atoms with van der Waals surface area (Å²) in [5, 5.41) is 5.31. The fraction of sp³-hybridized carbons (Fsp3) is 0.400. The summed E-state index contributed by atoms with van der Waals surface area (Å²) in [6, 6.07) is 7.60. The Morgan fingerprint density at radius 1 is 1.19 bits per heavy atom. The van der Waals surface area contributed by atoms with Gasteiger partial charge in [0.05, 0.1) is 26.7 Å². The highest BCUT2D eigenvalue weighted by atomic mass is 35.5. The summed E-state index contributed by atoms with van der Waals surface area (Å²) < 4.78 is 14.3. The van der Waals surface area contributed by atoms with Crippen molar-refractivity contribution in [1.82, 2.24) is 9.78 Å². The maximum absolute atomic E-state index is 12.5. The van der Waals surface area contributed by atoms with E-state index >= 15 is 0 Å². The van der Waals surface area contributed by atoms with E-state index in [1.807, 2.05) is 29.9 Å². The Hall–Kier alpha value is -0.840. The highest BCUT2D eigenvalue weighted by Crippen LogP contribution is 2.28. The van der Waals surface area contributed by atoms with Crippen molar-refractivity contribution in [3.8, 4) is 0 Å². The number of hydrogen-bond acceptors (Lipinski definition) is 2. The molecule has 0 aliphatic carbocycles. The lowest BCUT2D eigenvalue weighted by atomic mass is 10.2. The predicted molar refractivity (Wildman–Crippen MR) is 89.3 cm³/mol. The highest BCUT2D eigenvalue weighted by Gasteiger charge is 2.16. The third-order valence-electron chi connectivity index (χ3n) is 3.29. The molecule has 0 unspecified atom stereocenters. The van der Waals surface area contributed by atoms with E-state index in [-0.39, 0.29) is 5.25 Å². The van der Waals surface area contributed by atoms with Crippen molar-refractivity contribution in [3.05, 3.63) is 51.8 Å². The molecule has 0 amide bonds. The Bertz CT molecular complexity index is 655. The van der Waals surface area contributed by atoms with Crippen LogP contribution < -0.4 is 0 Å². The van der Waals surface area contributed by atoms with E-state index in [0.717, 1.165) is 11.3 Å². The van der Waals surface area contributed by atoms with Crippen molar-refractivity contribution in [2.45, 2.75) is 37.8 Å². The zero-order valence-electron chi connectivity index (χ0n) is 12.2. The molecule has 0 N–H and O–H groups in total. The van der Waals surface area contributed by atoms with Crippen LogP contribution in [0.5, 0.6) is 0 Å². The van der Waals surface area contributed by atoms with Gasteiger partial charge >= 0.3 is 0 Å². The third kappa shape index (κ3) is 4.09. The summed E-state index contributed by atoms with van der Waals surface area (Å²) in [5.74, 6) is 0.432. The number of benzene rings is 1. The van der Waals surface area contributed by atoms with Gasteiger partial charge in [-0.3, -0.25) is 8.89 Å². The van der Waals surface area contributed by atoms with Gasteiger partial charge in [0.15, 0.2) is 0 Å². The van der Waals surface area contributed by atoms with Crippen LogP contribution in [0.1, 0.15) is 43.3 Å². The average Bonchev–Trinajstić information content (AvgIpc) is 2.89. The molecule has 21 heavy (non-hydrogen) atoms. The minimum absolute atomic E-state index is 0.121. The van der Waals surface area contributed by atoms with Crippen LogP contribution in [-0.2, 0) is 16.6 Å². The lowest BCUT2D eigenvalue weighted by Gasteiger charge is -2.12. The number of halogens is 2. The van der Waals surface area contributed by atoms with E-state index in [0.29, 0.717) is 21.8 Å². The zero-order chi connectivity index (χ0) is 15.6. The molecule has 0 radical (unpaired) electrons. The van der Waals surface area contributed by atoms with E-state index < -0.39 is 10.8 Å². The number of rotatable bonds is 5. The molecule has 3 nitrogen and oxygen atoms in total. The minimum Gasteiger partial charge on any atom is -0.270 e. The lowest BCUT2D eigenvalue weighted by molar-refractivity contribution is 0.528. The zero-order valence-corrected chi connectivity index (χ0v) is 14.5. The first kappa shape index (κ1) is 16.5. The Morgan fingerprint density at radius 3 is 2.48 bits per heavy atom. The Morgan fingerprint density at radius 2 is 1.90 bits per heavy atom. The highest BCUT2D eigenvalue weighted by molar-refractivity contribution is 7.84. The number of hydrogen-bond donors (Lipinski definition) is 0. The second-order valence-corrected chi connectivity index (χ2v) is 7.79. The van der Waals surface area contributed by atoms with Crippen LogP contribution in [0.25, 0.3) is 0 Å². The molecule has 2 atom stereocenters. The predicted octanol–water partition coefficient (Wildman–Crippen LogP) is 4.78. The van der Waals surface area contributed by atoms with Crippen LogP contribution in [0.4, 0.5) is 0 Å². The van der Waals surface area contributed by atoms with Crippen LogP contribution in [0, 0.1) is 0 Å². The molecule has 1 aromatic carbocycles. The minimum atomic E-state index is -1.06. The molecule has 1 aromatic heterocycles. The van der Waals surface area contributed by atoms with E-state index in [1.165, 1.54) is 0 Å². The van der Waals surface area contributed by atoms with Crippen molar-refractivity contribution in [2.24, 2.45) is 0 Å². The maximum Gasteiger partial charge on any atom is 0.0749 e. The molecule has 2 aromatic rings. The lowest BCUT2D eigenvalue weighted by Crippen LogP contribution is -2.07. The van der Waals surface area contributed by atoms with E-state index in [4.69, 9.17) is 23.2 Å². The summed E-state index contributed by atoms with van der Waals surface area (Å²) in [6.07, 6.45) is 1.92. The topological polar surface area (TPSA) is 34.9 Å². The van der Waals surface area contributed by atoms with Crippen molar-refractivity contribution < 1.29 is 4.21 Å². The van der Waals surface area contributed by atoms with Gasteiger partial charge in [-0.1, -0.05) is 29.3 Å². The van der Waals surface area contributed by atoms with Gasteiger partial charge in [0, 0.05) is 23.0 Å².